The fourth-order valence-corrected chi connectivity index (χ4v) is 4.26. The van der Waals surface area contributed by atoms with Crippen molar-refractivity contribution >= 4 is 22.7 Å². The molecule has 1 N–H and O–H groups in total. The number of nitrogens with one attached hydrogen (secondary N) is 1. The standard InChI is InChI=1S/C27H34FN3O3/c1-5-14-30(15-6-2)25(32)18-34-22-12-13-24-23(16-22)26(19(4)31(24)7-3)27(33)29-17-20-8-10-21(28)11-9-20/h8-13,16H,5-7,14-15,17-18H2,1-4H3,(H,29,33). The van der Waals surface area contributed by atoms with E-state index in [1.54, 1.807) is 12.1 Å². The third-order valence-corrected chi connectivity index (χ3v) is 5.91. The van der Waals surface area contributed by atoms with Crippen LogP contribution in [0.3, 0.4) is 0 Å². The van der Waals surface area contributed by atoms with E-state index in [0.29, 0.717) is 30.9 Å². The van der Waals surface area contributed by atoms with Gasteiger partial charge in [0.15, 0.2) is 6.61 Å². The van der Waals surface area contributed by atoms with Crippen LogP contribution in [0.25, 0.3) is 10.9 Å². The summed E-state index contributed by atoms with van der Waals surface area (Å²) in [5, 5.41) is 3.72. The first kappa shape index (κ1) is 25.3. The van der Waals surface area contributed by atoms with E-state index in [1.807, 2.05) is 50.8 Å². The lowest BCUT2D eigenvalue weighted by molar-refractivity contribution is -0.133. The summed E-state index contributed by atoms with van der Waals surface area (Å²) in [4.78, 5) is 27.6. The minimum atomic E-state index is -0.310. The maximum atomic E-state index is 13.2. The van der Waals surface area contributed by atoms with E-state index < -0.39 is 0 Å². The molecule has 0 aliphatic rings. The molecule has 0 aliphatic heterocycles. The molecule has 1 heterocycles. The SMILES string of the molecule is CCCN(CCC)C(=O)COc1ccc2c(c1)c(C(=O)NCc1ccc(F)cc1)c(C)n2CC. The van der Waals surface area contributed by atoms with Gasteiger partial charge in [-0.1, -0.05) is 26.0 Å². The molecule has 0 spiro atoms. The lowest BCUT2D eigenvalue weighted by Crippen LogP contribution is -2.36. The van der Waals surface area contributed by atoms with Crippen molar-refractivity contribution in [1.82, 2.24) is 14.8 Å². The molecule has 0 fully saturated rings. The monoisotopic (exact) mass is 467 g/mol. The van der Waals surface area contributed by atoms with Gasteiger partial charge in [0.1, 0.15) is 11.6 Å². The highest BCUT2D eigenvalue weighted by atomic mass is 19.1. The highest BCUT2D eigenvalue weighted by molar-refractivity contribution is 6.08. The van der Waals surface area contributed by atoms with Crippen LogP contribution in [0.1, 0.15) is 55.2 Å². The average molecular weight is 468 g/mol. The van der Waals surface area contributed by atoms with Crippen LogP contribution in [0.15, 0.2) is 42.5 Å². The molecule has 2 amide bonds. The Morgan fingerprint density at radius 3 is 2.32 bits per heavy atom. The largest absolute Gasteiger partial charge is 0.484 e. The van der Waals surface area contributed by atoms with Gasteiger partial charge in [-0.05, 0) is 62.6 Å². The molecule has 0 atom stereocenters. The number of carbonyl (C=O) groups is 2. The minimum absolute atomic E-state index is 0.0366. The summed E-state index contributed by atoms with van der Waals surface area (Å²) >= 11 is 0. The Morgan fingerprint density at radius 1 is 1.03 bits per heavy atom. The normalized spacial score (nSPS) is 11.0. The zero-order chi connectivity index (χ0) is 24.7. The fraction of sp³-hybridized carbons (Fsp3) is 0.407. The third kappa shape index (κ3) is 5.76. The first-order valence-corrected chi connectivity index (χ1v) is 12.0. The van der Waals surface area contributed by atoms with Crippen molar-refractivity contribution in [3.8, 4) is 5.75 Å². The van der Waals surface area contributed by atoms with Crippen molar-refractivity contribution in [3.63, 3.8) is 0 Å². The van der Waals surface area contributed by atoms with Crippen LogP contribution in [0.5, 0.6) is 5.75 Å². The van der Waals surface area contributed by atoms with E-state index in [9.17, 15) is 14.0 Å². The van der Waals surface area contributed by atoms with Crippen molar-refractivity contribution in [2.24, 2.45) is 0 Å². The molecule has 0 saturated carbocycles. The van der Waals surface area contributed by atoms with Crippen molar-refractivity contribution in [2.75, 3.05) is 19.7 Å². The lowest BCUT2D eigenvalue weighted by Gasteiger charge is -2.21. The minimum Gasteiger partial charge on any atom is -0.484 e. The number of benzene rings is 2. The Morgan fingerprint density at radius 2 is 1.71 bits per heavy atom. The summed E-state index contributed by atoms with van der Waals surface area (Å²) in [6.07, 6.45) is 1.80. The number of fused-ring (bicyclic) bond motifs is 1. The van der Waals surface area contributed by atoms with Gasteiger partial charge in [0.05, 0.1) is 5.56 Å². The molecule has 34 heavy (non-hydrogen) atoms. The van der Waals surface area contributed by atoms with Crippen LogP contribution in [-0.4, -0.2) is 41.0 Å². The van der Waals surface area contributed by atoms with Crippen LogP contribution >= 0.6 is 0 Å². The van der Waals surface area contributed by atoms with Gasteiger partial charge in [-0.3, -0.25) is 9.59 Å². The molecule has 0 bridgehead atoms. The molecule has 3 aromatic rings. The molecule has 0 radical (unpaired) electrons. The Labute approximate surface area is 200 Å². The first-order valence-electron chi connectivity index (χ1n) is 12.0. The molecule has 0 unspecified atom stereocenters. The van der Waals surface area contributed by atoms with E-state index in [4.69, 9.17) is 4.74 Å². The molecule has 6 nitrogen and oxygen atoms in total. The Hall–Kier alpha value is -3.35. The molecule has 0 saturated heterocycles. The molecule has 0 aliphatic carbocycles. The molecule has 182 valence electrons. The van der Waals surface area contributed by atoms with Gasteiger partial charge in [0, 0.05) is 42.8 Å². The van der Waals surface area contributed by atoms with Crippen LogP contribution < -0.4 is 10.1 Å². The predicted octanol–water partition coefficient (Wildman–Crippen LogP) is 5.07. The van der Waals surface area contributed by atoms with E-state index in [0.717, 1.165) is 41.5 Å². The molecular formula is C27H34FN3O3. The topological polar surface area (TPSA) is 63.6 Å². The Balaban J connectivity index is 1.81. The van der Waals surface area contributed by atoms with Crippen LogP contribution in [0.4, 0.5) is 4.39 Å². The van der Waals surface area contributed by atoms with Crippen molar-refractivity contribution < 1.29 is 18.7 Å². The summed E-state index contributed by atoms with van der Waals surface area (Å²) in [5.74, 6) is -0.00206. The highest BCUT2D eigenvalue weighted by Crippen LogP contribution is 2.29. The van der Waals surface area contributed by atoms with Crippen molar-refractivity contribution in [2.45, 2.75) is 53.6 Å². The number of aryl methyl sites for hydroxylation is 1. The Bertz CT molecular complexity index is 1130. The van der Waals surface area contributed by atoms with Gasteiger partial charge in [-0.15, -0.1) is 0 Å². The molecule has 1 aromatic heterocycles. The van der Waals surface area contributed by atoms with E-state index in [2.05, 4.69) is 9.88 Å². The number of rotatable bonds is 11. The second-order valence-electron chi connectivity index (χ2n) is 8.36. The van der Waals surface area contributed by atoms with E-state index in [-0.39, 0.29) is 24.2 Å². The average Bonchev–Trinajstić information content (AvgIpc) is 3.12. The maximum Gasteiger partial charge on any atom is 0.260 e. The summed E-state index contributed by atoms with van der Waals surface area (Å²) in [6, 6.07) is 11.7. The maximum absolute atomic E-state index is 13.2. The lowest BCUT2D eigenvalue weighted by atomic mass is 10.1. The molecule has 3 rings (SSSR count). The van der Waals surface area contributed by atoms with Crippen molar-refractivity contribution in [1.29, 1.82) is 0 Å². The molecular weight excluding hydrogens is 433 g/mol. The number of halogens is 1. The summed E-state index contributed by atoms with van der Waals surface area (Å²) in [7, 11) is 0. The Kier molecular flexibility index (Phi) is 8.68. The predicted molar refractivity (Wildman–Crippen MR) is 133 cm³/mol. The van der Waals surface area contributed by atoms with E-state index >= 15 is 0 Å². The zero-order valence-corrected chi connectivity index (χ0v) is 20.5. The van der Waals surface area contributed by atoms with Gasteiger partial charge >= 0.3 is 0 Å². The summed E-state index contributed by atoms with van der Waals surface area (Å²) < 4.78 is 21.1. The van der Waals surface area contributed by atoms with E-state index in [1.165, 1.54) is 12.1 Å². The van der Waals surface area contributed by atoms with Gasteiger partial charge in [0.2, 0.25) is 0 Å². The quantitative estimate of drug-likeness (QED) is 0.428. The van der Waals surface area contributed by atoms with Gasteiger partial charge in [-0.25, -0.2) is 4.39 Å². The third-order valence-electron chi connectivity index (χ3n) is 5.91. The van der Waals surface area contributed by atoms with Gasteiger partial charge < -0.3 is 19.5 Å². The number of carbonyl (C=O) groups excluding carboxylic acids is 2. The second kappa shape index (κ2) is 11.7. The number of nitrogens with zero attached hydrogens (tertiary/aromatic N) is 2. The van der Waals surface area contributed by atoms with Gasteiger partial charge in [0.25, 0.3) is 11.8 Å². The number of hydrogen-bond donors (Lipinski definition) is 1. The fourth-order valence-electron chi connectivity index (χ4n) is 4.26. The second-order valence-corrected chi connectivity index (χ2v) is 8.36. The van der Waals surface area contributed by atoms with Crippen LogP contribution in [-0.2, 0) is 17.9 Å². The number of hydrogen-bond acceptors (Lipinski definition) is 3. The molecule has 7 heteroatoms. The highest BCUT2D eigenvalue weighted by Gasteiger charge is 2.20. The number of aromatic nitrogens is 1. The van der Waals surface area contributed by atoms with Crippen LogP contribution in [0.2, 0.25) is 0 Å². The number of amides is 2. The summed E-state index contributed by atoms with van der Waals surface area (Å²) in [5.41, 5.74) is 3.19. The summed E-state index contributed by atoms with van der Waals surface area (Å²) in [6.45, 7) is 10.5. The van der Waals surface area contributed by atoms with Gasteiger partial charge in [-0.2, -0.15) is 0 Å². The van der Waals surface area contributed by atoms with Crippen LogP contribution in [0, 0.1) is 12.7 Å². The first-order chi connectivity index (χ1) is 16.4. The van der Waals surface area contributed by atoms with Crippen molar-refractivity contribution in [3.05, 3.63) is 65.1 Å². The number of ether oxygens (including phenoxy) is 1. The smallest absolute Gasteiger partial charge is 0.260 e. The zero-order valence-electron chi connectivity index (χ0n) is 20.5. The molecule has 2 aromatic carbocycles.